The topological polar surface area (TPSA) is 79.8 Å². The molecule has 0 saturated carbocycles. The lowest BCUT2D eigenvalue weighted by Crippen LogP contribution is -2.21. The number of pyridine rings is 1. The molecule has 0 spiro atoms. The summed E-state index contributed by atoms with van der Waals surface area (Å²) in [5, 5.41) is 6.78. The van der Waals surface area contributed by atoms with Crippen molar-refractivity contribution < 1.29 is 4.79 Å². The molecule has 0 aromatic carbocycles. The molecule has 0 fully saturated rings. The molecule has 6 nitrogen and oxygen atoms in total. The first-order valence-corrected chi connectivity index (χ1v) is 5.48. The average molecular weight is 246 g/mol. The first-order chi connectivity index (χ1) is 8.47. The standard InChI is InChI=1S/C12H14N4O2/c1-7-4-11(17)9(5-13-7)12(18)14-10-6-16(3)15-8(10)2/h4-6H,1-3H3,(H,13,17)(H,14,18). The van der Waals surface area contributed by atoms with Gasteiger partial charge in [-0.2, -0.15) is 5.10 Å². The number of hydrogen-bond donors (Lipinski definition) is 2. The van der Waals surface area contributed by atoms with Crippen molar-refractivity contribution in [1.82, 2.24) is 14.8 Å². The van der Waals surface area contributed by atoms with Gasteiger partial charge in [0.15, 0.2) is 5.43 Å². The van der Waals surface area contributed by atoms with Gasteiger partial charge in [0.2, 0.25) is 0 Å². The zero-order chi connectivity index (χ0) is 13.3. The van der Waals surface area contributed by atoms with Crippen LogP contribution in [-0.4, -0.2) is 20.7 Å². The molecule has 6 heteroatoms. The van der Waals surface area contributed by atoms with Crippen molar-refractivity contribution in [1.29, 1.82) is 0 Å². The van der Waals surface area contributed by atoms with E-state index < -0.39 is 5.91 Å². The van der Waals surface area contributed by atoms with E-state index in [0.29, 0.717) is 17.1 Å². The van der Waals surface area contributed by atoms with Crippen molar-refractivity contribution in [2.75, 3.05) is 5.32 Å². The van der Waals surface area contributed by atoms with E-state index in [1.54, 1.807) is 31.8 Å². The molecule has 0 aliphatic rings. The smallest absolute Gasteiger partial charge is 0.261 e. The molecule has 2 N–H and O–H groups in total. The number of aromatic nitrogens is 3. The largest absolute Gasteiger partial charge is 0.364 e. The zero-order valence-electron chi connectivity index (χ0n) is 10.4. The Morgan fingerprint density at radius 3 is 2.72 bits per heavy atom. The number of nitrogens with zero attached hydrogens (tertiary/aromatic N) is 2. The van der Waals surface area contributed by atoms with Crippen LogP contribution in [0.3, 0.4) is 0 Å². The van der Waals surface area contributed by atoms with Crippen LogP contribution in [0.1, 0.15) is 21.7 Å². The van der Waals surface area contributed by atoms with Crippen LogP contribution < -0.4 is 10.7 Å². The van der Waals surface area contributed by atoms with E-state index in [0.717, 1.165) is 0 Å². The number of H-pyrrole nitrogens is 1. The highest BCUT2D eigenvalue weighted by molar-refractivity contribution is 6.04. The number of carbonyl (C=O) groups excluding carboxylic acids is 1. The Bertz CT molecular complexity index is 654. The Balaban J connectivity index is 2.27. The summed E-state index contributed by atoms with van der Waals surface area (Å²) in [5.74, 6) is -0.438. The van der Waals surface area contributed by atoms with Gasteiger partial charge >= 0.3 is 0 Å². The third-order valence-electron chi connectivity index (χ3n) is 2.56. The molecule has 94 valence electrons. The highest BCUT2D eigenvalue weighted by Gasteiger charge is 2.13. The molecule has 0 bridgehead atoms. The molecule has 2 aromatic rings. The molecule has 2 aromatic heterocycles. The second kappa shape index (κ2) is 4.48. The number of aryl methyl sites for hydroxylation is 3. The first-order valence-electron chi connectivity index (χ1n) is 5.48. The van der Waals surface area contributed by atoms with E-state index in [1.165, 1.54) is 12.3 Å². The quantitative estimate of drug-likeness (QED) is 0.828. The summed E-state index contributed by atoms with van der Waals surface area (Å²) in [6.07, 6.45) is 3.11. The predicted octanol–water partition coefficient (Wildman–Crippen LogP) is 0.978. The summed E-state index contributed by atoms with van der Waals surface area (Å²) in [4.78, 5) is 26.4. The Hall–Kier alpha value is -2.37. The molecule has 0 saturated heterocycles. The Kier molecular flexibility index (Phi) is 3.01. The number of carbonyl (C=O) groups is 1. The van der Waals surface area contributed by atoms with E-state index >= 15 is 0 Å². The molecule has 0 atom stereocenters. The lowest BCUT2D eigenvalue weighted by Gasteiger charge is -2.03. The number of aromatic amines is 1. The van der Waals surface area contributed by atoms with Crippen molar-refractivity contribution >= 4 is 11.6 Å². The third-order valence-corrected chi connectivity index (χ3v) is 2.56. The molecule has 0 aliphatic heterocycles. The van der Waals surface area contributed by atoms with Gasteiger partial charge < -0.3 is 10.3 Å². The number of rotatable bonds is 2. The maximum atomic E-state index is 11.9. The lowest BCUT2D eigenvalue weighted by atomic mass is 10.2. The van der Waals surface area contributed by atoms with Gasteiger partial charge in [0, 0.05) is 31.2 Å². The van der Waals surface area contributed by atoms with Crippen LogP contribution in [0.2, 0.25) is 0 Å². The first kappa shape index (κ1) is 12.1. The van der Waals surface area contributed by atoms with Crippen LogP contribution in [-0.2, 0) is 7.05 Å². The van der Waals surface area contributed by atoms with Crippen LogP contribution >= 0.6 is 0 Å². The van der Waals surface area contributed by atoms with Crippen LogP contribution in [0.25, 0.3) is 0 Å². The number of hydrogen-bond acceptors (Lipinski definition) is 3. The van der Waals surface area contributed by atoms with Crippen molar-refractivity contribution in [3.8, 4) is 0 Å². The van der Waals surface area contributed by atoms with Crippen molar-refractivity contribution in [2.45, 2.75) is 13.8 Å². The molecule has 2 heterocycles. The van der Waals surface area contributed by atoms with Gasteiger partial charge in [-0.05, 0) is 13.8 Å². The molecule has 1 amide bonds. The highest BCUT2D eigenvalue weighted by Crippen LogP contribution is 2.12. The summed E-state index contributed by atoms with van der Waals surface area (Å²) in [7, 11) is 1.77. The fraction of sp³-hybridized carbons (Fsp3) is 0.250. The molecular formula is C12H14N4O2. The third kappa shape index (κ3) is 2.32. The highest BCUT2D eigenvalue weighted by atomic mass is 16.2. The van der Waals surface area contributed by atoms with Gasteiger partial charge in [-0.15, -0.1) is 0 Å². The van der Waals surface area contributed by atoms with E-state index in [9.17, 15) is 9.59 Å². The maximum absolute atomic E-state index is 11.9. The second-order valence-electron chi connectivity index (χ2n) is 4.15. The molecule has 2 rings (SSSR count). The molecule has 18 heavy (non-hydrogen) atoms. The summed E-state index contributed by atoms with van der Waals surface area (Å²) in [6, 6.07) is 1.39. The Morgan fingerprint density at radius 2 is 2.17 bits per heavy atom. The molecule has 0 unspecified atom stereocenters. The summed E-state index contributed by atoms with van der Waals surface area (Å²) in [6.45, 7) is 3.54. The van der Waals surface area contributed by atoms with Crippen LogP contribution in [0.15, 0.2) is 23.3 Å². The SMILES string of the molecule is Cc1cc(=O)c(C(=O)Nc2cn(C)nc2C)c[nH]1. The van der Waals surface area contributed by atoms with Gasteiger partial charge in [0.25, 0.3) is 5.91 Å². The monoisotopic (exact) mass is 246 g/mol. The Labute approximate surface area is 104 Å². The van der Waals surface area contributed by atoms with Gasteiger partial charge in [-0.25, -0.2) is 0 Å². The molecule has 0 aliphatic carbocycles. The second-order valence-corrected chi connectivity index (χ2v) is 4.15. The summed E-state index contributed by atoms with van der Waals surface area (Å²) in [5.41, 5.74) is 1.81. The molecular weight excluding hydrogens is 232 g/mol. The zero-order valence-corrected chi connectivity index (χ0v) is 10.4. The van der Waals surface area contributed by atoms with E-state index in [-0.39, 0.29) is 11.0 Å². The lowest BCUT2D eigenvalue weighted by molar-refractivity contribution is 0.102. The van der Waals surface area contributed by atoms with Crippen molar-refractivity contribution in [3.63, 3.8) is 0 Å². The number of anilines is 1. The van der Waals surface area contributed by atoms with Gasteiger partial charge in [0.05, 0.1) is 11.4 Å². The minimum atomic E-state index is -0.438. The van der Waals surface area contributed by atoms with Gasteiger partial charge in [-0.3, -0.25) is 14.3 Å². The van der Waals surface area contributed by atoms with E-state index in [4.69, 9.17) is 0 Å². The van der Waals surface area contributed by atoms with E-state index in [2.05, 4.69) is 15.4 Å². The number of amides is 1. The average Bonchev–Trinajstić information content (AvgIpc) is 2.57. The minimum Gasteiger partial charge on any atom is -0.364 e. The molecule has 0 radical (unpaired) electrons. The summed E-state index contributed by atoms with van der Waals surface area (Å²) >= 11 is 0. The van der Waals surface area contributed by atoms with Crippen LogP contribution in [0.5, 0.6) is 0 Å². The van der Waals surface area contributed by atoms with Crippen LogP contribution in [0, 0.1) is 13.8 Å². The fourth-order valence-corrected chi connectivity index (χ4v) is 1.66. The minimum absolute atomic E-state index is 0.0869. The Morgan fingerprint density at radius 1 is 1.44 bits per heavy atom. The maximum Gasteiger partial charge on any atom is 0.261 e. The van der Waals surface area contributed by atoms with Gasteiger partial charge in [-0.1, -0.05) is 0 Å². The van der Waals surface area contributed by atoms with Gasteiger partial charge in [0.1, 0.15) is 5.56 Å². The van der Waals surface area contributed by atoms with E-state index in [1.807, 2.05) is 0 Å². The fourth-order valence-electron chi connectivity index (χ4n) is 1.66. The van der Waals surface area contributed by atoms with Crippen molar-refractivity contribution in [3.05, 3.63) is 45.6 Å². The normalized spacial score (nSPS) is 10.4. The summed E-state index contributed by atoms with van der Waals surface area (Å²) < 4.78 is 1.60. The van der Waals surface area contributed by atoms with Crippen molar-refractivity contribution in [2.24, 2.45) is 7.05 Å². The number of nitrogens with one attached hydrogen (secondary N) is 2. The predicted molar refractivity (Wildman–Crippen MR) is 67.7 cm³/mol. The van der Waals surface area contributed by atoms with Crippen LogP contribution in [0.4, 0.5) is 5.69 Å².